The lowest BCUT2D eigenvalue weighted by molar-refractivity contribution is 0.354. The van der Waals surface area contributed by atoms with Crippen molar-refractivity contribution < 1.29 is 9.13 Å². The summed E-state index contributed by atoms with van der Waals surface area (Å²) < 4.78 is 18.9. The zero-order valence-electron chi connectivity index (χ0n) is 11.2. The van der Waals surface area contributed by atoms with E-state index in [-0.39, 0.29) is 5.82 Å². The van der Waals surface area contributed by atoms with Crippen LogP contribution in [0.3, 0.4) is 0 Å². The van der Waals surface area contributed by atoms with E-state index in [2.05, 4.69) is 5.32 Å². The van der Waals surface area contributed by atoms with Gasteiger partial charge in [-0.05, 0) is 48.4 Å². The fraction of sp³-hybridized carbons (Fsp3) is 0.250. The van der Waals surface area contributed by atoms with Crippen molar-refractivity contribution >= 4 is 17.3 Å². The Kier molecular flexibility index (Phi) is 3.53. The molecule has 20 heavy (non-hydrogen) atoms. The molecule has 1 aliphatic heterocycles. The Morgan fingerprint density at radius 3 is 2.95 bits per heavy atom. The molecule has 3 rings (SSSR count). The number of fused-ring (bicyclic) bond motifs is 1. The summed E-state index contributed by atoms with van der Waals surface area (Å²) in [6.45, 7) is 3.06. The highest BCUT2D eigenvalue weighted by molar-refractivity contribution is 6.30. The van der Waals surface area contributed by atoms with Crippen LogP contribution in [0.15, 0.2) is 30.3 Å². The van der Waals surface area contributed by atoms with Crippen LogP contribution in [0.25, 0.3) is 0 Å². The Morgan fingerprint density at radius 1 is 1.30 bits per heavy atom. The molecule has 2 nitrogen and oxygen atoms in total. The summed E-state index contributed by atoms with van der Waals surface area (Å²) in [5.41, 5.74) is 3.70. The maximum atomic E-state index is 13.2. The molecule has 0 saturated heterocycles. The molecule has 0 amide bonds. The van der Waals surface area contributed by atoms with E-state index in [1.807, 2.05) is 12.1 Å². The van der Waals surface area contributed by atoms with Crippen LogP contribution in [0.5, 0.6) is 5.75 Å². The molecule has 1 heterocycles. The predicted octanol–water partition coefficient (Wildman–Crippen LogP) is 4.33. The van der Waals surface area contributed by atoms with Gasteiger partial charge in [-0.1, -0.05) is 11.6 Å². The molecular formula is C16H15ClFNO. The molecule has 4 heteroatoms. The first kappa shape index (κ1) is 13.3. The van der Waals surface area contributed by atoms with Crippen LogP contribution >= 0.6 is 11.6 Å². The second kappa shape index (κ2) is 5.33. The van der Waals surface area contributed by atoms with Crippen LogP contribution < -0.4 is 10.1 Å². The van der Waals surface area contributed by atoms with Crippen LogP contribution in [0.2, 0.25) is 5.02 Å². The fourth-order valence-electron chi connectivity index (χ4n) is 2.43. The number of halogens is 2. The van der Waals surface area contributed by atoms with Gasteiger partial charge in [0.15, 0.2) is 0 Å². The highest BCUT2D eigenvalue weighted by Gasteiger charge is 2.17. The van der Waals surface area contributed by atoms with Crippen molar-refractivity contribution in [3.63, 3.8) is 0 Å². The molecule has 0 saturated carbocycles. The van der Waals surface area contributed by atoms with Gasteiger partial charge in [0.1, 0.15) is 11.6 Å². The molecule has 2 aromatic carbocycles. The second-order valence-corrected chi connectivity index (χ2v) is 5.41. The van der Waals surface area contributed by atoms with Crippen LogP contribution in [-0.2, 0) is 13.0 Å². The van der Waals surface area contributed by atoms with Crippen molar-refractivity contribution in [2.75, 3.05) is 11.9 Å². The summed E-state index contributed by atoms with van der Waals surface area (Å²) in [7, 11) is 0. The number of hydrogen-bond acceptors (Lipinski definition) is 2. The van der Waals surface area contributed by atoms with E-state index in [0.717, 1.165) is 34.0 Å². The molecule has 0 radical (unpaired) electrons. The summed E-state index contributed by atoms with van der Waals surface area (Å²) in [4.78, 5) is 0. The summed E-state index contributed by atoms with van der Waals surface area (Å²) >= 11 is 6.12. The van der Waals surface area contributed by atoms with Crippen LogP contribution in [-0.4, -0.2) is 6.61 Å². The smallest absolute Gasteiger partial charge is 0.127 e. The molecule has 0 spiro atoms. The highest BCUT2D eigenvalue weighted by Crippen LogP contribution is 2.33. The quantitative estimate of drug-likeness (QED) is 0.908. The third-order valence-corrected chi connectivity index (χ3v) is 3.68. The molecule has 0 unspecified atom stereocenters. The topological polar surface area (TPSA) is 21.3 Å². The third-order valence-electron chi connectivity index (χ3n) is 3.47. The molecule has 104 valence electrons. The van der Waals surface area contributed by atoms with Crippen molar-refractivity contribution in [2.45, 2.75) is 19.9 Å². The maximum Gasteiger partial charge on any atom is 0.127 e. The number of nitrogens with one attached hydrogen (secondary N) is 1. The van der Waals surface area contributed by atoms with Gasteiger partial charge in [0.2, 0.25) is 0 Å². The van der Waals surface area contributed by atoms with Crippen molar-refractivity contribution in [2.24, 2.45) is 0 Å². The first-order valence-corrected chi connectivity index (χ1v) is 6.95. The zero-order valence-corrected chi connectivity index (χ0v) is 11.9. The molecule has 0 aromatic heterocycles. The maximum absolute atomic E-state index is 13.2. The average molecular weight is 292 g/mol. The van der Waals surface area contributed by atoms with E-state index in [0.29, 0.717) is 18.7 Å². The Balaban J connectivity index is 1.80. The molecule has 0 bridgehead atoms. The monoisotopic (exact) mass is 291 g/mol. The van der Waals surface area contributed by atoms with Gasteiger partial charge in [-0.2, -0.15) is 0 Å². The molecule has 1 N–H and O–H groups in total. The standard InChI is InChI=1S/C16H15ClFNO/c1-10-6-14(2-3-15(10)18)19-9-12-8-13(17)7-11-4-5-20-16(11)12/h2-3,6-8,19H,4-5,9H2,1H3. The number of ether oxygens (including phenoxy) is 1. The van der Waals surface area contributed by atoms with Gasteiger partial charge < -0.3 is 10.1 Å². The van der Waals surface area contributed by atoms with Crippen molar-refractivity contribution in [3.05, 3.63) is 57.9 Å². The van der Waals surface area contributed by atoms with E-state index in [9.17, 15) is 4.39 Å². The minimum atomic E-state index is -0.192. The minimum Gasteiger partial charge on any atom is -0.493 e. The van der Waals surface area contributed by atoms with Gasteiger partial charge >= 0.3 is 0 Å². The lowest BCUT2D eigenvalue weighted by atomic mass is 10.1. The van der Waals surface area contributed by atoms with Gasteiger partial charge in [0, 0.05) is 29.2 Å². The van der Waals surface area contributed by atoms with Crippen LogP contribution in [0.1, 0.15) is 16.7 Å². The van der Waals surface area contributed by atoms with Crippen LogP contribution in [0.4, 0.5) is 10.1 Å². The zero-order chi connectivity index (χ0) is 14.1. The summed E-state index contributed by atoms with van der Waals surface area (Å²) in [5, 5.41) is 4.00. The highest BCUT2D eigenvalue weighted by atomic mass is 35.5. The fourth-order valence-corrected chi connectivity index (χ4v) is 2.69. The van der Waals surface area contributed by atoms with E-state index in [1.165, 1.54) is 6.07 Å². The number of anilines is 1. The lowest BCUT2D eigenvalue weighted by Crippen LogP contribution is -2.02. The van der Waals surface area contributed by atoms with Crippen molar-refractivity contribution in [1.82, 2.24) is 0 Å². The molecule has 2 aromatic rings. The van der Waals surface area contributed by atoms with E-state index in [4.69, 9.17) is 16.3 Å². The Hall–Kier alpha value is -1.74. The number of aryl methyl sites for hydroxylation is 1. The average Bonchev–Trinajstić information content (AvgIpc) is 2.88. The minimum absolute atomic E-state index is 0.192. The summed E-state index contributed by atoms with van der Waals surface area (Å²) in [5.74, 6) is 0.739. The molecular weight excluding hydrogens is 277 g/mol. The van der Waals surface area contributed by atoms with Crippen molar-refractivity contribution in [1.29, 1.82) is 0 Å². The number of benzene rings is 2. The number of rotatable bonds is 3. The van der Waals surface area contributed by atoms with Gasteiger partial charge in [0.25, 0.3) is 0 Å². The first-order valence-electron chi connectivity index (χ1n) is 6.57. The normalized spacial score (nSPS) is 12.9. The molecule has 0 fully saturated rings. The van der Waals surface area contributed by atoms with Gasteiger partial charge in [-0.3, -0.25) is 0 Å². The van der Waals surface area contributed by atoms with E-state index < -0.39 is 0 Å². The van der Waals surface area contributed by atoms with Crippen LogP contribution in [0, 0.1) is 12.7 Å². The molecule has 0 aliphatic carbocycles. The van der Waals surface area contributed by atoms with Crippen molar-refractivity contribution in [3.8, 4) is 5.75 Å². The second-order valence-electron chi connectivity index (χ2n) is 4.97. The summed E-state index contributed by atoms with van der Waals surface area (Å²) in [6.07, 6.45) is 0.901. The summed E-state index contributed by atoms with van der Waals surface area (Å²) in [6, 6.07) is 8.86. The van der Waals surface area contributed by atoms with Gasteiger partial charge in [-0.15, -0.1) is 0 Å². The third kappa shape index (κ3) is 2.59. The molecule has 0 atom stereocenters. The SMILES string of the molecule is Cc1cc(NCc2cc(Cl)cc3c2OCC3)ccc1F. The number of hydrogen-bond donors (Lipinski definition) is 1. The van der Waals surface area contributed by atoms with Gasteiger partial charge in [0.05, 0.1) is 6.61 Å². The largest absolute Gasteiger partial charge is 0.493 e. The Labute approximate surface area is 122 Å². The molecule has 1 aliphatic rings. The Morgan fingerprint density at radius 2 is 2.15 bits per heavy atom. The predicted molar refractivity (Wildman–Crippen MR) is 79.1 cm³/mol. The lowest BCUT2D eigenvalue weighted by Gasteiger charge is -2.11. The van der Waals surface area contributed by atoms with E-state index in [1.54, 1.807) is 19.1 Å². The van der Waals surface area contributed by atoms with Gasteiger partial charge in [-0.25, -0.2) is 4.39 Å². The van der Waals surface area contributed by atoms with E-state index >= 15 is 0 Å². The first-order chi connectivity index (χ1) is 9.63. The Bertz CT molecular complexity index is 657.